The van der Waals surface area contributed by atoms with Gasteiger partial charge in [0.05, 0.1) is 6.10 Å². The van der Waals surface area contributed by atoms with Gasteiger partial charge in [-0.2, -0.15) is 4.98 Å². The van der Waals surface area contributed by atoms with E-state index in [-0.39, 0.29) is 11.6 Å². The Morgan fingerprint density at radius 2 is 2.22 bits per heavy atom. The monoisotopic (exact) mass is 252 g/mol. The van der Waals surface area contributed by atoms with Gasteiger partial charge in [0, 0.05) is 17.8 Å². The first-order valence-electron chi connectivity index (χ1n) is 6.47. The summed E-state index contributed by atoms with van der Waals surface area (Å²) >= 11 is 0. The lowest BCUT2D eigenvalue weighted by Crippen LogP contribution is -2.37. The molecule has 1 atom stereocenters. The molecule has 1 rings (SSSR count). The number of nitrogens with zero attached hydrogens (tertiary/aromatic N) is 2. The van der Waals surface area contributed by atoms with Gasteiger partial charge >= 0.3 is 0 Å². The summed E-state index contributed by atoms with van der Waals surface area (Å²) in [6.07, 6.45) is 3.64. The summed E-state index contributed by atoms with van der Waals surface area (Å²) in [6.45, 7) is 8.83. The maximum absolute atomic E-state index is 5.63. The minimum absolute atomic E-state index is 0.0782. The maximum atomic E-state index is 5.63. The number of nitrogens with two attached hydrogens (primary N) is 1. The normalized spacial score (nSPS) is 14.3. The smallest absolute Gasteiger partial charge is 0.226 e. The van der Waals surface area contributed by atoms with Crippen LogP contribution in [0.15, 0.2) is 12.3 Å². The third-order valence-corrected chi connectivity index (χ3v) is 2.88. The van der Waals surface area contributed by atoms with Gasteiger partial charge in [-0.05, 0) is 40.2 Å². The van der Waals surface area contributed by atoms with Crippen LogP contribution in [0, 0.1) is 0 Å². The second-order valence-corrected chi connectivity index (χ2v) is 4.96. The third-order valence-electron chi connectivity index (χ3n) is 2.88. The lowest BCUT2D eigenvalue weighted by molar-refractivity contribution is 0.232. The zero-order valence-electron chi connectivity index (χ0n) is 11.7. The van der Waals surface area contributed by atoms with E-state index in [1.54, 1.807) is 12.3 Å². The fraction of sp³-hybridized carbons (Fsp3) is 0.692. The molecule has 0 amide bonds. The maximum Gasteiger partial charge on any atom is 0.226 e. The molecule has 1 unspecified atom stereocenters. The van der Waals surface area contributed by atoms with Crippen LogP contribution in [0.25, 0.3) is 0 Å². The Bertz CT molecular complexity index is 370. The largest absolute Gasteiger partial charge is 0.475 e. The van der Waals surface area contributed by atoms with Gasteiger partial charge in [-0.25, -0.2) is 4.98 Å². The zero-order chi connectivity index (χ0) is 13.6. The van der Waals surface area contributed by atoms with Crippen LogP contribution in [0.2, 0.25) is 0 Å². The van der Waals surface area contributed by atoms with E-state index in [1.807, 2.05) is 13.8 Å². The zero-order valence-corrected chi connectivity index (χ0v) is 11.7. The van der Waals surface area contributed by atoms with Crippen LogP contribution in [-0.4, -0.2) is 28.2 Å². The Morgan fingerprint density at radius 1 is 1.50 bits per heavy atom. The van der Waals surface area contributed by atoms with Crippen molar-refractivity contribution in [1.29, 1.82) is 0 Å². The predicted molar refractivity (Wildman–Crippen MR) is 73.8 cm³/mol. The Hall–Kier alpha value is -1.36. The van der Waals surface area contributed by atoms with E-state index in [1.165, 1.54) is 0 Å². The van der Waals surface area contributed by atoms with Crippen molar-refractivity contribution in [2.24, 2.45) is 5.73 Å². The molecule has 5 nitrogen and oxygen atoms in total. The van der Waals surface area contributed by atoms with Crippen LogP contribution in [0.5, 0.6) is 5.88 Å². The van der Waals surface area contributed by atoms with Crippen molar-refractivity contribution in [2.75, 3.05) is 11.9 Å². The van der Waals surface area contributed by atoms with Crippen LogP contribution in [0.4, 0.5) is 5.95 Å². The number of anilines is 1. The summed E-state index contributed by atoms with van der Waals surface area (Å²) in [5.41, 5.74) is 5.56. The minimum atomic E-state index is -0.0782. The molecule has 0 radical (unpaired) electrons. The molecule has 18 heavy (non-hydrogen) atoms. The highest BCUT2D eigenvalue weighted by atomic mass is 16.5. The van der Waals surface area contributed by atoms with Gasteiger partial charge in [-0.1, -0.05) is 6.92 Å². The van der Waals surface area contributed by atoms with Crippen molar-refractivity contribution < 1.29 is 4.74 Å². The molecule has 102 valence electrons. The topological polar surface area (TPSA) is 73.1 Å². The molecule has 0 saturated carbocycles. The van der Waals surface area contributed by atoms with Crippen LogP contribution >= 0.6 is 0 Å². The van der Waals surface area contributed by atoms with E-state index in [0.29, 0.717) is 18.4 Å². The van der Waals surface area contributed by atoms with Crippen molar-refractivity contribution in [2.45, 2.75) is 52.2 Å². The first-order chi connectivity index (χ1) is 8.49. The summed E-state index contributed by atoms with van der Waals surface area (Å²) in [4.78, 5) is 8.56. The highest BCUT2D eigenvalue weighted by Crippen LogP contribution is 2.20. The van der Waals surface area contributed by atoms with E-state index >= 15 is 0 Å². The third kappa shape index (κ3) is 4.49. The van der Waals surface area contributed by atoms with E-state index in [2.05, 4.69) is 29.1 Å². The van der Waals surface area contributed by atoms with Crippen LogP contribution in [-0.2, 0) is 0 Å². The Labute approximate surface area is 109 Å². The molecule has 5 heteroatoms. The molecule has 0 fully saturated rings. The lowest BCUT2D eigenvalue weighted by Gasteiger charge is -2.29. The summed E-state index contributed by atoms with van der Waals surface area (Å²) in [6, 6.07) is 1.76. The first-order valence-corrected chi connectivity index (χ1v) is 6.47. The number of ether oxygens (including phenoxy) is 1. The number of nitrogens with one attached hydrogen (secondary N) is 1. The van der Waals surface area contributed by atoms with Crippen LogP contribution in [0.1, 0.15) is 40.5 Å². The quantitative estimate of drug-likeness (QED) is 0.778. The molecule has 1 heterocycles. The SMILES string of the molecule is CCC(C)(CCN)Nc1nccc(OC(C)C)n1. The first kappa shape index (κ1) is 14.7. The molecule has 0 saturated heterocycles. The average molecular weight is 252 g/mol. The molecule has 0 bridgehead atoms. The predicted octanol–water partition coefficient (Wildman–Crippen LogP) is 2.19. The van der Waals surface area contributed by atoms with Gasteiger partial charge in [0.1, 0.15) is 0 Å². The molecule has 3 N–H and O–H groups in total. The molecule has 0 aliphatic rings. The molecular formula is C13H24N4O. The van der Waals surface area contributed by atoms with Crippen LogP contribution in [0.3, 0.4) is 0 Å². The summed E-state index contributed by atoms with van der Waals surface area (Å²) in [5.74, 6) is 1.18. The lowest BCUT2D eigenvalue weighted by atomic mass is 9.95. The second kappa shape index (κ2) is 6.54. The molecule has 0 spiro atoms. The fourth-order valence-corrected chi connectivity index (χ4v) is 1.63. The van der Waals surface area contributed by atoms with Crippen molar-refractivity contribution >= 4 is 5.95 Å². The minimum Gasteiger partial charge on any atom is -0.475 e. The Balaban J connectivity index is 2.77. The molecular weight excluding hydrogens is 228 g/mol. The van der Waals surface area contributed by atoms with Gasteiger partial charge in [0.15, 0.2) is 0 Å². The standard InChI is InChI=1S/C13H24N4O/c1-5-13(4,7-8-14)17-12-15-9-6-11(16-12)18-10(2)3/h6,9-10H,5,7-8,14H2,1-4H3,(H,15,16,17). The summed E-state index contributed by atoms with van der Waals surface area (Å²) in [7, 11) is 0. The van der Waals surface area contributed by atoms with E-state index in [9.17, 15) is 0 Å². The van der Waals surface area contributed by atoms with Crippen molar-refractivity contribution in [1.82, 2.24) is 9.97 Å². The molecule has 0 aliphatic heterocycles. The van der Waals surface area contributed by atoms with Crippen LogP contribution < -0.4 is 15.8 Å². The van der Waals surface area contributed by atoms with Gasteiger partial charge in [-0.15, -0.1) is 0 Å². The van der Waals surface area contributed by atoms with E-state index in [4.69, 9.17) is 10.5 Å². The van der Waals surface area contributed by atoms with E-state index < -0.39 is 0 Å². The van der Waals surface area contributed by atoms with Crippen molar-refractivity contribution in [3.8, 4) is 5.88 Å². The number of aromatic nitrogens is 2. The summed E-state index contributed by atoms with van der Waals surface area (Å²) < 4.78 is 5.55. The van der Waals surface area contributed by atoms with E-state index in [0.717, 1.165) is 12.8 Å². The summed E-state index contributed by atoms with van der Waals surface area (Å²) in [5, 5.41) is 3.34. The Morgan fingerprint density at radius 3 is 2.78 bits per heavy atom. The second-order valence-electron chi connectivity index (χ2n) is 4.96. The van der Waals surface area contributed by atoms with Gasteiger partial charge in [-0.3, -0.25) is 0 Å². The van der Waals surface area contributed by atoms with Crippen molar-refractivity contribution in [3.05, 3.63) is 12.3 Å². The molecule has 0 aliphatic carbocycles. The molecule has 1 aromatic rings. The molecule has 1 aromatic heterocycles. The highest BCUT2D eigenvalue weighted by Gasteiger charge is 2.21. The fourth-order valence-electron chi connectivity index (χ4n) is 1.63. The van der Waals surface area contributed by atoms with Gasteiger partial charge in [0.2, 0.25) is 11.8 Å². The van der Waals surface area contributed by atoms with Gasteiger partial charge < -0.3 is 15.8 Å². The highest BCUT2D eigenvalue weighted by molar-refractivity contribution is 5.31. The number of rotatable bonds is 7. The van der Waals surface area contributed by atoms with Crippen molar-refractivity contribution in [3.63, 3.8) is 0 Å². The number of hydrogen-bond acceptors (Lipinski definition) is 5. The van der Waals surface area contributed by atoms with Gasteiger partial charge in [0.25, 0.3) is 0 Å². The Kier molecular flexibility index (Phi) is 5.34. The number of hydrogen-bond donors (Lipinski definition) is 2. The molecule has 0 aromatic carbocycles. The average Bonchev–Trinajstić information content (AvgIpc) is 2.28.